The van der Waals surface area contributed by atoms with Crippen molar-refractivity contribution < 1.29 is 9.53 Å². The molecule has 0 saturated carbocycles. The Kier molecular flexibility index (Phi) is 4.02. The molecule has 3 rings (SSSR count). The monoisotopic (exact) mass is 294 g/mol. The van der Waals surface area contributed by atoms with Crippen LogP contribution in [0.1, 0.15) is 38.2 Å². The van der Waals surface area contributed by atoms with Gasteiger partial charge in [0.25, 0.3) is 0 Å². The Morgan fingerprint density at radius 3 is 2.55 bits per heavy atom. The lowest BCUT2D eigenvalue weighted by Crippen LogP contribution is -2.12. The molecule has 0 spiro atoms. The Morgan fingerprint density at radius 2 is 1.82 bits per heavy atom. The lowest BCUT2D eigenvalue weighted by molar-refractivity contribution is 0.0598. The number of ether oxygens (including phenoxy) is 1. The summed E-state index contributed by atoms with van der Waals surface area (Å²) < 4.78 is 4.96. The summed E-state index contributed by atoms with van der Waals surface area (Å²) in [6, 6.07) is 12.6. The molecule has 1 unspecified atom stereocenters. The van der Waals surface area contributed by atoms with Crippen molar-refractivity contribution in [1.82, 2.24) is 0 Å². The van der Waals surface area contributed by atoms with Crippen molar-refractivity contribution in [2.24, 2.45) is 5.92 Å². The zero-order valence-corrected chi connectivity index (χ0v) is 13.5. The van der Waals surface area contributed by atoms with Crippen LogP contribution in [-0.4, -0.2) is 13.1 Å². The van der Waals surface area contributed by atoms with Crippen molar-refractivity contribution >= 4 is 5.97 Å². The fraction of sp³-hybridized carbons (Fsp3) is 0.350. The Morgan fingerprint density at radius 1 is 1.09 bits per heavy atom. The number of carbonyl (C=O) groups is 1. The maximum absolute atomic E-state index is 12.1. The first kappa shape index (κ1) is 14.8. The van der Waals surface area contributed by atoms with Crippen LogP contribution >= 0.6 is 0 Å². The molecule has 2 aromatic rings. The van der Waals surface area contributed by atoms with Gasteiger partial charge in [-0.2, -0.15) is 0 Å². The summed E-state index contributed by atoms with van der Waals surface area (Å²) in [5.74, 6) is 0.348. The maximum atomic E-state index is 12.1. The first-order valence-corrected chi connectivity index (χ1v) is 7.84. The molecule has 22 heavy (non-hydrogen) atoms. The average molecular weight is 294 g/mol. The molecule has 0 aromatic heterocycles. The average Bonchev–Trinajstić information content (AvgIpc) is 2.91. The lowest BCUT2D eigenvalue weighted by atomic mass is 9.91. The number of esters is 1. The Balaban J connectivity index is 1.86. The molecule has 0 heterocycles. The van der Waals surface area contributed by atoms with Crippen LogP contribution in [0.15, 0.2) is 36.4 Å². The molecular weight excluding hydrogens is 272 g/mol. The van der Waals surface area contributed by atoms with Gasteiger partial charge in [0.1, 0.15) is 0 Å². The third-order valence-electron chi connectivity index (χ3n) is 4.77. The van der Waals surface area contributed by atoms with Gasteiger partial charge in [-0.15, -0.1) is 0 Å². The first-order valence-electron chi connectivity index (χ1n) is 7.84. The molecule has 0 saturated heterocycles. The number of benzene rings is 2. The number of fused-ring (bicyclic) bond motifs is 1. The van der Waals surface area contributed by atoms with E-state index < -0.39 is 0 Å². The highest BCUT2D eigenvalue weighted by Crippen LogP contribution is 2.32. The second-order valence-electron chi connectivity index (χ2n) is 6.29. The smallest absolute Gasteiger partial charge is 0.338 e. The zero-order chi connectivity index (χ0) is 15.7. The minimum absolute atomic E-state index is 0.222. The van der Waals surface area contributed by atoms with Crippen LogP contribution in [0.4, 0.5) is 0 Å². The molecule has 0 bridgehead atoms. The summed E-state index contributed by atoms with van der Waals surface area (Å²) in [7, 11) is 1.45. The summed E-state index contributed by atoms with van der Waals surface area (Å²) in [6.07, 6.45) is 3.14. The molecule has 0 N–H and O–H groups in total. The topological polar surface area (TPSA) is 26.3 Å². The van der Waals surface area contributed by atoms with Crippen molar-refractivity contribution in [3.05, 3.63) is 69.8 Å². The van der Waals surface area contributed by atoms with E-state index in [1.807, 2.05) is 19.1 Å². The molecule has 0 radical (unpaired) electrons. The fourth-order valence-electron chi connectivity index (χ4n) is 3.67. The van der Waals surface area contributed by atoms with Crippen molar-refractivity contribution in [2.45, 2.75) is 33.1 Å². The molecule has 0 fully saturated rings. The van der Waals surface area contributed by atoms with Crippen LogP contribution in [0.3, 0.4) is 0 Å². The Hall–Kier alpha value is -2.09. The Bertz CT molecular complexity index is 716. The molecule has 0 aliphatic heterocycles. The summed E-state index contributed by atoms with van der Waals surface area (Å²) >= 11 is 0. The highest BCUT2D eigenvalue weighted by molar-refractivity contribution is 5.92. The normalized spacial score (nSPS) is 16.4. The summed E-state index contributed by atoms with van der Waals surface area (Å²) in [4.78, 5) is 12.1. The first-order chi connectivity index (χ1) is 10.6. The highest BCUT2D eigenvalue weighted by Gasteiger charge is 2.25. The van der Waals surface area contributed by atoms with Crippen LogP contribution in [0, 0.1) is 19.8 Å². The SMILES string of the molecule is COC(=O)c1c(C)cccc1CC1Cc2cccc(C)c2C1. The van der Waals surface area contributed by atoms with E-state index in [9.17, 15) is 4.79 Å². The standard InChI is InChI=1S/C20H22O2/c1-13-6-4-8-16-10-15(12-18(13)16)11-17-9-5-7-14(2)19(17)20(21)22-3/h4-9,15H,10-12H2,1-3H3. The van der Waals surface area contributed by atoms with Gasteiger partial charge in [-0.1, -0.05) is 36.4 Å². The van der Waals surface area contributed by atoms with Gasteiger partial charge in [0.15, 0.2) is 0 Å². The van der Waals surface area contributed by atoms with Crippen molar-refractivity contribution in [3.8, 4) is 0 Å². The molecule has 114 valence electrons. The predicted octanol–water partition coefficient (Wildman–Crippen LogP) is 4.05. The van der Waals surface area contributed by atoms with Gasteiger partial charge < -0.3 is 4.74 Å². The van der Waals surface area contributed by atoms with Crippen LogP contribution in [0.5, 0.6) is 0 Å². The number of rotatable bonds is 3. The van der Waals surface area contributed by atoms with Crippen molar-refractivity contribution in [3.63, 3.8) is 0 Å². The third kappa shape index (κ3) is 2.66. The van der Waals surface area contributed by atoms with Crippen LogP contribution in [0.25, 0.3) is 0 Å². The number of carbonyl (C=O) groups excluding carboxylic acids is 1. The molecular formula is C20H22O2. The van der Waals surface area contributed by atoms with E-state index in [1.54, 1.807) is 0 Å². The van der Waals surface area contributed by atoms with E-state index in [0.717, 1.165) is 36.0 Å². The molecule has 2 nitrogen and oxygen atoms in total. The Labute approximate surface area is 132 Å². The third-order valence-corrected chi connectivity index (χ3v) is 4.77. The van der Waals surface area contributed by atoms with E-state index in [-0.39, 0.29) is 5.97 Å². The van der Waals surface area contributed by atoms with Crippen LogP contribution in [-0.2, 0) is 24.0 Å². The van der Waals surface area contributed by atoms with Crippen LogP contribution in [0.2, 0.25) is 0 Å². The van der Waals surface area contributed by atoms with E-state index in [0.29, 0.717) is 5.92 Å². The summed E-state index contributed by atoms with van der Waals surface area (Å²) in [6.45, 7) is 4.16. The van der Waals surface area contributed by atoms with E-state index in [4.69, 9.17) is 4.74 Å². The molecule has 1 aliphatic rings. The molecule has 2 heteroatoms. The quantitative estimate of drug-likeness (QED) is 0.798. The second kappa shape index (κ2) is 5.96. The van der Waals surface area contributed by atoms with Gasteiger partial charge in [-0.05, 0) is 66.8 Å². The molecule has 1 aliphatic carbocycles. The summed E-state index contributed by atoms with van der Waals surface area (Å²) in [5, 5.41) is 0. The summed E-state index contributed by atoms with van der Waals surface area (Å²) in [5.41, 5.74) is 7.21. The number of hydrogen-bond acceptors (Lipinski definition) is 2. The van der Waals surface area contributed by atoms with Gasteiger partial charge in [0, 0.05) is 0 Å². The van der Waals surface area contributed by atoms with Gasteiger partial charge in [0.05, 0.1) is 12.7 Å². The number of hydrogen-bond donors (Lipinski definition) is 0. The predicted molar refractivity (Wildman–Crippen MR) is 88.3 cm³/mol. The number of aryl methyl sites for hydroxylation is 2. The lowest BCUT2D eigenvalue weighted by Gasteiger charge is -2.14. The van der Waals surface area contributed by atoms with Gasteiger partial charge >= 0.3 is 5.97 Å². The maximum Gasteiger partial charge on any atom is 0.338 e. The van der Waals surface area contributed by atoms with E-state index >= 15 is 0 Å². The highest BCUT2D eigenvalue weighted by atomic mass is 16.5. The van der Waals surface area contributed by atoms with E-state index in [1.165, 1.54) is 23.8 Å². The van der Waals surface area contributed by atoms with Gasteiger partial charge in [0.2, 0.25) is 0 Å². The number of methoxy groups -OCH3 is 1. The van der Waals surface area contributed by atoms with Gasteiger partial charge in [-0.3, -0.25) is 0 Å². The molecule has 0 amide bonds. The van der Waals surface area contributed by atoms with E-state index in [2.05, 4.69) is 31.2 Å². The zero-order valence-electron chi connectivity index (χ0n) is 13.5. The molecule has 2 aromatic carbocycles. The fourth-order valence-corrected chi connectivity index (χ4v) is 3.67. The molecule has 1 atom stereocenters. The van der Waals surface area contributed by atoms with Gasteiger partial charge in [-0.25, -0.2) is 4.79 Å². The minimum Gasteiger partial charge on any atom is -0.465 e. The minimum atomic E-state index is -0.222. The second-order valence-corrected chi connectivity index (χ2v) is 6.29. The largest absolute Gasteiger partial charge is 0.465 e. The van der Waals surface area contributed by atoms with Crippen molar-refractivity contribution in [2.75, 3.05) is 7.11 Å². The van der Waals surface area contributed by atoms with Crippen molar-refractivity contribution in [1.29, 1.82) is 0 Å². The van der Waals surface area contributed by atoms with Crippen LogP contribution < -0.4 is 0 Å².